The van der Waals surface area contributed by atoms with Crippen LogP contribution in [0.25, 0.3) is 0 Å². The number of aryl methyl sites for hydroxylation is 1. The largest absolute Gasteiger partial charge is 0.496 e. The van der Waals surface area contributed by atoms with Crippen LogP contribution in [-0.4, -0.2) is 12.9 Å². The summed E-state index contributed by atoms with van der Waals surface area (Å²) in [6.07, 6.45) is 0.935. The van der Waals surface area contributed by atoms with E-state index in [1.807, 2.05) is 18.2 Å². The summed E-state index contributed by atoms with van der Waals surface area (Å²) in [6, 6.07) is 5.71. The Labute approximate surface area is 78.0 Å². The number of ether oxygens (including phenoxy) is 1. The van der Waals surface area contributed by atoms with Gasteiger partial charge in [0.2, 0.25) is 0 Å². The molecule has 0 aromatic heterocycles. The summed E-state index contributed by atoms with van der Waals surface area (Å²) >= 11 is 0. The first-order valence-corrected chi connectivity index (χ1v) is 4.20. The maximum absolute atomic E-state index is 7.35. The fourth-order valence-corrected chi connectivity index (χ4v) is 1.19. The predicted molar refractivity (Wildman–Crippen MR) is 53.4 cm³/mol. The van der Waals surface area contributed by atoms with Crippen molar-refractivity contribution in [2.45, 2.75) is 13.3 Å². The van der Waals surface area contributed by atoms with Crippen LogP contribution < -0.4 is 10.5 Å². The lowest BCUT2D eigenvalue weighted by Crippen LogP contribution is -2.12. The molecule has 1 aromatic rings. The van der Waals surface area contributed by atoms with E-state index in [9.17, 15) is 0 Å². The average molecular weight is 178 g/mol. The fourth-order valence-electron chi connectivity index (χ4n) is 1.19. The minimum Gasteiger partial charge on any atom is -0.496 e. The Morgan fingerprint density at radius 3 is 2.69 bits per heavy atom. The average Bonchev–Trinajstić information content (AvgIpc) is 2.16. The fraction of sp³-hybridized carbons (Fsp3) is 0.300. The van der Waals surface area contributed by atoms with Crippen LogP contribution in [0.15, 0.2) is 18.2 Å². The van der Waals surface area contributed by atoms with Crippen molar-refractivity contribution in [2.24, 2.45) is 5.73 Å². The van der Waals surface area contributed by atoms with Crippen molar-refractivity contribution in [1.82, 2.24) is 0 Å². The molecule has 0 aliphatic carbocycles. The van der Waals surface area contributed by atoms with Crippen LogP contribution in [0.3, 0.4) is 0 Å². The molecular weight excluding hydrogens is 164 g/mol. The number of amidine groups is 1. The van der Waals surface area contributed by atoms with Gasteiger partial charge in [-0.25, -0.2) is 0 Å². The van der Waals surface area contributed by atoms with Crippen molar-refractivity contribution in [3.05, 3.63) is 29.3 Å². The van der Waals surface area contributed by atoms with Gasteiger partial charge in [0.25, 0.3) is 0 Å². The Morgan fingerprint density at radius 2 is 2.23 bits per heavy atom. The third kappa shape index (κ3) is 1.99. The smallest absolute Gasteiger partial charge is 0.129 e. The van der Waals surface area contributed by atoms with Crippen molar-refractivity contribution in [3.8, 4) is 5.75 Å². The zero-order valence-corrected chi connectivity index (χ0v) is 7.92. The first kappa shape index (κ1) is 9.58. The molecule has 0 fully saturated rings. The third-order valence-electron chi connectivity index (χ3n) is 1.96. The van der Waals surface area contributed by atoms with E-state index in [1.165, 1.54) is 0 Å². The summed E-state index contributed by atoms with van der Waals surface area (Å²) < 4.78 is 5.09. The van der Waals surface area contributed by atoms with Crippen LogP contribution in [0.2, 0.25) is 0 Å². The minimum absolute atomic E-state index is 0.0483. The van der Waals surface area contributed by atoms with Gasteiger partial charge in [0.15, 0.2) is 0 Å². The normalized spacial score (nSPS) is 9.69. The Bertz CT molecular complexity index is 321. The van der Waals surface area contributed by atoms with Crippen LogP contribution in [0.5, 0.6) is 5.75 Å². The molecule has 3 nitrogen and oxygen atoms in total. The van der Waals surface area contributed by atoms with Crippen LogP contribution in [0.1, 0.15) is 18.1 Å². The second-order valence-electron chi connectivity index (χ2n) is 2.80. The zero-order chi connectivity index (χ0) is 9.84. The number of methoxy groups -OCH3 is 1. The summed E-state index contributed by atoms with van der Waals surface area (Å²) in [5, 5.41) is 7.35. The summed E-state index contributed by atoms with van der Waals surface area (Å²) in [5.74, 6) is 0.705. The molecule has 3 heteroatoms. The molecule has 0 atom stereocenters. The van der Waals surface area contributed by atoms with Gasteiger partial charge in [-0.3, -0.25) is 5.41 Å². The topological polar surface area (TPSA) is 59.1 Å². The number of nitrogens with one attached hydrogen (secondary N) is 1. The Balaban J connectivity index is 3.18. The number of nitrogen functional groups attached to an aromatic ring is 1. The van der Waals surface area contributed by atoms with E-state index in [0.717, 1.165) is 12.0 Å². The lowest BCUT2D eigenvalue weighted by Gasteiger charge is -2.08. The number of hydrogen-bond donors (Lipinski definition) is 2. The van der Waals surface area contributed by atoms with E-state index < -0.39 is 0 Å². The predicted octanol–water partition coefficient (Wildman–Crippen LogP) is 1.54. The lowest BCUT2D eigenvalue weighted by molar-refractivity contribution is 0.413. The molecule has 0 heterocycles. The van der Waals surface area contributed by atoms with E-state index in [1.54, 1.807) is 7.11 Å². The van der Waals surface area contributed by atoms with Gasteiger partial charge >= 0.3 is 0 Å². The number of benzene rings is 1. The molecule has 0 aliphatic heterocycles. The molecule has 0 unspecified atom stereocenters. The number of rotatable bonds is 3. The number of nitrogens with two attached hydrogens (primary N) is 1. The minimum atomic E-state index is 0.0483. The van der Waals surface area contributed by atoms with Gasteiger partial charge in [-0.05, 0) is 24.1 Å². The first-order valence-electron chi connectivity index (χ1n) is 4.20. The van der Waals surface area contributed by atoms with E-state index in [0.29, 0.717) is 11.3 Å². The van der Waals surface area contributed by atoms with E-state index in [-0.39, 0.29) is 5.84 Å². The molecule has 0 spiro atoms. The van der Waals surface area contributed by atoms with E-state index in [2.05, 4.69) is 6.92 Å². The molecule has 1 aromatic carbocycles. The molecule has 0 aliphatic rings. The monoisotopic (exact) mass is 178 g/mol. The van der Waals surface area contributed by atoms with Crippen molar-refractivity contribution in [3.63, 3.8) is 0 Å². The molecule has 0 saturated carbocycles. The quantitative estimate of drug-likeness (QED) is 0.545. The van der Waals surface area contributed by atoms with Crippen LogP contribution >= 0.6 is 0 Å². The van der Waals surface area contributed by atoms with Gasteiger partial charge in [-0.1, -0.05) is 13.0 Å². The molecule has 3 N–H and O–H groups in total. The Hall–Kier alpha value is -1.51. The van der Waals surface area contributed by atoms with Gasteiger partial charge in [-0.2, -0.15) is 0 Å². The highest BCUT2D eigenvalue weighted by molar-refractivity contribution is 5.97. The molecule has 70 valence electrons. The highest BCUT2D eigenvalue weighted by Crippen LogP contribution is 2.19. The summed E-state index contributed by atoms with van der Waals surface area (Å²) in [6.45, 7) is 2.06. The van der Waals surface area contributed by atoms with Gasteiger partial charge in [0, 0.05) is 0 Å². The highest BCUT2D eigenvalue weighted by Gasteiger charge is 2.05. The van der Waals surface area contributed by atoms with Crippen LogP contribution in [0.4, 0.5) is 0 Å². The van der Waals surface area contributed by atoms with Crippen LogP contribution in [0, 0.1) is 5.41 Å². The van der Waals surface area contributed by atoms with Crippen molar-refractivity contribution >= 4 is 5.84 Å². The summed E-state index contributed by atoms with van der Waals surface area (Å²) in [4.78, 5) is 0. The molecule has 0 radical (unpaired) electrons. The van der Waals surface area contributed by atoms with E-state index in [4.69, 9.17) is 15.9 Å². The van der Waals surface area contributed by atoms with Gasteiger partial charge < -0.3 is 10.5 Å². The lowest BCUT2D eigenvalue weighted by atomic mass is 10.1. The molecular formula is C10H14N2O. The van der Waals surface area contributed by atoms with Gasteiger partial charge in [-0.15, -0.1) is 0 Å². The second-order valence-corrected chi connectivity index (χ2v) is 2.80. The van der Waals surface area contributed by atoms with Crippen molar-refractivity contribution in [2.75, 3.05) is 7.11 Å². The maximum Gasteiger partial charge on any atom is 0.129 e. The molecule has 0 amide bonds. The van der Waals surface area contributed by atoms with Crippen molar-refractivity contribution < 1.29 is 4.74 Å². The third-order valence-corrected chi connectivity index (χ3v) is 1.96. The van der Waals surface area contributed by atoms with Crippen LogP contribution in [-0.2, 0) is 6.42 Å². The van der Waals surface area contributed by atoms with Gasteiger partial charge in [0.05, 0.1) is 12.7 Å². The standard InChI is InChI=1S/C10H14N2O/c1-3-7-4-5-9(13-2)8(6-7)10(11)12/h4-6H,3H2,1-2H3,(H3,11,12). The Kier molecular flexibility index (Phi) is 2.90. The SMILES string of the molecule is CCc1ccc(OC)c(C(=N)N)c1. The molecule has 0 bridgehead atoms. The number of hydrogen-bond acceptors (Lipinski definition) is 2. The Morgan fingerprint density at radius 1 is 1.54 bits per heavy atom. The first-order chi connectivity index (χ1) is 6.19. The molecule has 1 rings (SSSR count). The second kappa shape index (κ2) is 3.94. The highest BCUT2D eigenvalue weighted by atomic mass is 16.5. The molecule has 0 saturated heterocycles. The summed E-state index contributed by atoms with van der Waals surface area (Å²) in [5.41, 5.74) is 7.24. The van der Waals surface area contributed by atoms with Gasteiger partial charge in [0.1, 0.15) is 11.6 Å². The zero-order valence-electron chi connectivity index (χ0n) is 7.92. The maximum atomic E-state index is 7.35. The van der Waals surface area contributed by atoms with E-state index >= 15 is 0 Å². The summed E-state index contributed by atoms with van der Waals surface area (Å²) in [7, 11) is 1.58. The van der Waals surface area contributed by atoms with Crippen molar-refractivity contribution in [1.29, 1.82) is 5.41 Å². The molecule has 13 heavy (non-hydrogen) atoms.